The van der Waals surface area contributed by atoms with Gasteiger partial charge in [-0.2, -0.15) is 0 Å². The van der Waals surface area contributed by atoms with Gasteiger partial charge in [0, 0.05) is 43.7 Å². The van der Waals surface area contributed by atoms with Crippen LogP contribution in [0.2, 0.25) is 0 Å². The van der Waals surface area contributed by atoms with Crippen molar-refractivity contribution in [3.8, 4) is 0 Å². The van der Waals surface area contributed by atoms with Crippen LogP contribution in [0.15, 0.2) is 0 Å². The van der Waals surface area contributed by atoms with Gasteiger partial charge >= 0.3 is 0 Å². The summed E-state index contributed by atoms with van der Waals surface area (Å²) in [6, 6.07) is 0. The monoisotopic (exact) mass is 626 g/mol. The molecule has 0 aliphatic rings. The molecule has 0 heterocycles. The summed E-state index contributed by atoms with van der Waals surface area (Å²) in [4.78, 5) is 24.9. The number of ether oxygens (including phenoxy) is 2. The van der Waals surface area contributed by atoms with E-state index >= 15 is 0 Å². The molecule has 0 atom stereocenters. The lowest BCUT2D eigenvalue weighted by Crippen LogP contribution is -2.44. The van der Waals surface area contributed by atoms with Crippen molar-refractivity contribution < 1.29 is 19.1 Å². The standard InChI is InChI=1S/C37H75N3O4/c1-10-11-12-13-14-15-16-17-18-19-20-21-22-23-33(42)40-35(4,5)28-31-44-37(8,9)26-29-39-32(41)24-25-36(6,7)43-30-27-34(2,3)38/h10-31,38H2,1-9H3,(H,39,41)(H,40,42). The molecular weight excluding hydrogens is 550 g/mol. The maximum atomic E-state index is 12.5. The normalized spacial score (nSPS) is 12.9. The molecule has 0 rings (SSSR count). The Hall–Kier alpha value is -1.18. The second-order valence-electron chi connectivity index (χ2n) is 15.7. The SMILES string of the molecule is CCCCCCCCCCCCCCCC(=O)NC(C)(C)CCOC(C)(C)CCNC(=O)CCC(C)(C)OCCC(C)(C)N. The second kappa shape index (κ2) is 23.2. The molecule has 262 valence electrons. The Bertz CT molecular complexity index is 744. The Balaban J connectivity index is 3.96. The highest BCUT2D eigenvalue weighted by Gasteiger charge is 2.25. The molecule has 0 spiro atoms. The molecule has 44 heavy (non-hydrogen) atoms. The summed E-state index contributed by atoms with van der Waals surface area (Å²) in [5, 5.41) is 6.22. The first-order chi connectivity index (χ1) is 20.5. The van der Waals surface area contributed by atoms with Crippen LogP contribution in [0, 0.1) is 0 Å². The van der Waals surface area contributed by atoms with Gasteiger partial charge in [-0.05, 0) is 87.5 Å². The van der Waals surface area contributed by atoms with Gasteiger partial charge < -0.3 is 25.8 Å². The van der Waals surface area contributed by atoms with Crippen LogP contribution in [0.4, 0.5) is 0 Å². The molecule has 0 aliphatic heterocycles. The third-order valence-electron chi connectivity index (χ3n) is 8.45. The molecule has 0 aromatic rings. The van der Waals surface area contributed by atoms with Gasteiger partial charge in [0.2, 0.25) is 11.8 Å². The number of carbonyl (C=O) groups is 2. The van der Waals surface area contributed by atoms with E-state index in [0.717, 1.165) is 32.1 Å². The number of nitrogens with one attached hydrogen (secondary N) is 2. The molecule has 4 N–H and O–H groups in total. The number of rotatable bonds is 29. The Morgan fingerprint density at radius 3 is 1.52 bits per heavy atom. The zero-order valence-electron chi connectivity index (χ0n) is 30.8. The van der Waals surface area contributed by atoms with E-state index in [1.807, 2.05) is 27.7 Å². The Kier molecular flexibility index (Phi) is 22.6. The number of hydrogen-bond acceptors (Lipinski definition) is 5. The number of unbranched alkanes of at least 4 members (excludes halogenated alkanes) is 12. The average molecular weight is 626 g/mol. The summed E-state index contributed by atoms with van der Waals surface area (Å²) in [7, 11) is 0. The van der Waals surface area contributed by atoms with Crippen LogP contribution in [0.5, 0.6) is 0 Å². The van der Waals surface area contributed by atoms with E-state index in [2.05, 4.69) is 45.3 Å². The summed E-state index contributed by atoms with van der Waals surface area (Å²) in [5.74, 6) is 0.167. The fourth-order valence-corrected chi connectivity index (χ4v) is 5.13. The molecule has 0 saturated heterocycles. The molecule has 0 unspecified atom stereocenters. The van der Waals surface area contributed by atoms with E-state index in [0.29, 0.717) is 39.0 Å². The lowest BCUT2D eigenvalue weighted by Gasteiger charge is -2.30. The smallest absolute Gasteiger partial charge is 0.220 e. The van der Waals surface area contributed by atoms with Crippen LogP contribution in [0.3, 0.4) is 0 Å². The average Bonchev–Trinajstić information content (AvgIpc) is 2.88. The molecule has 0 bridgehead atoms. The second-order valence-corrected chi connectivity index (χ2v) is 15.7. The highest BCUT2D eigenvalue weighted by atomic mass is 16.5. The van der Waals surface area contributed by atoms with E-state index < -0.39 is 0 Å². The van der Waals surface area contributed by atoms with Crippen molar-refractivity contribution in [2.24, 2.45) is 5.73 Å². The van der Waals surface area contributed by atoms with Gasteiger partial charge in [-0.25, -0.2) is 0 Å². The molecule has 0 saturated carbocycles. The lowest BCUT2D eigenvalue weighted by atomic mass is 9.99. The molecule has 7 heteroatoms. The Labute approximate surface area is 273 Å². The first-order valence-electron chi connectivity index (χ1n) is 18.1. The largest absolute Gasteiger partial charge is 0.375 e. The van der Waals surface area contributed by atoms with E-state index in [1.54, 1.807) is 0 Å². The van der Waals surface area contributed by atoms with Gasteiger partial charge in [-0.3, -0.25) is 9.59 Å². The molecule has 0 aliphatic carbocycles. The zero-order chi connectivity index (χ0) is 33.5. The molecule has 0 radical (unpaired) electrons. The maximum Gasteiger partial charge on any atom is 0.220 e. The summed E-state index contributed by atoms with van der Waals surface area (Å²) >= 11 is 0. The number of amides is 2. The molecule has 2 amide bonds. The van der Waals surface area contributed by atoms with E-state index in [4.69, 9.17) is 15.2 Å². The van der Waals surface area contributed by atoms with E-state index in [1.165, 1.54) is 70.6 Å². The predicted octanol–water partition coefficient (Wildman–Crippen LogP) is 8.76. The van der Waals surface area contributed by atoms with Gasteiger partial charge in [-0.1, -0.05) is 84.0 Å². The lowest BCUT2D eigenvalue weighted by molar-refractivity contribution is -0.123. The van der Waals surface area contributed by atoms with E-state index in [9.17, 15) is 9.59 Å². The minimum absolute atomic E-state index is 0.0315. The molecule has 7 nitrogen and oxygen atoms in total. The van der Waals surface area contributed by atoms with Crippen LogP contribution < -0.4 is 16.4 Å². The summed E-state index contributed by atoms with van der Waals surface area (Å²) in [6.45, 7) is 20.2. The highest BCUT2D eigenvalue weighted by Crippen LogP contribution is 2.20. The van der Waals surface area contributed by atoms with Gasteiger partial charge in [-0.15, -0.1) is 0 Å². The Morgan fingerprint density at radius 1 is 0.568 bits per heavy atom. The Morgan fingerprint density at radius 2 is 1.02 bits per heavy atom. The van der Waals surface area contributed by atoms with Crippen molar-refractivity contribution in [2.75, 3.05) is 19.8 Å². The zero-order valence-corrected chi connectivity index (χ0v) is 30.8. The third-order valence-corrected chi connectivity index (χ3v) is 8.45. The van der Waals surface area contributed by atoms with Crippen molar-refractivity contribution in [3.63, 3.8) is 0 Å². The number of carbonyl (C=O) groups excluding carboxylic acids is 2. The van der Waals surface area contributed by atoms with Gasteiger partial charge in [0.05, 0.1) is 11.2 Å². The van der Waals surface area contributed by atoms with Crippen LogP contribution in [0.25, 0.3) is 0 Å². The van der Waals surface area contributed by atoms with Crippen molar-refractivity contribution in [3.05, 3.63) is 0 Å². The topological polar surface area (TPSA) is 103 Å². The number of nitrogens with two attached hydrogens (primary N) is 1. The van der Waals surface area contributed by atoms with Gasteiger partial charge in [0.15, 0.2) is 0 Å². The van der Waals surface area contributed by atoms with Crippen molar-refractivity contribution in [2.45, 2.75) is 207 Å². The summed E-state index contributed by atoms with van der Waals surface area (Å²) in [6.07, 6.45) is 20.9. The predicted molar refractivity (Wildman–Crippen MR) is 187 cm³/mol. The van der Waals surface area contributed by atoms with Crippen molar-refractivity contribution in [1.29, 1.82) is 0 Å². The van der Waals surface area contributed by atoms with Crippen LogP contribution in [0.1, 0.15) is 184 Å². The highest BCUT2D eigenvalue weighted by molar-refractivity contribution is 5.76. The maximum absolute atomic E-state index is 12.5. The minimum atomic E-state index is -0.362. The molecule has 0 aromatic carbocycles. The van der Waals surface area contributed by atoms with Crippen molar-refractivity contribution >= 4 is 11.8 Å². The first-order valence-corrected chi connectivity index (χ1v) is 18.1. The molecular formula is C37H75N3O4. The van der Waals surface area contributed by atoms with Gasteiger partial charge in [0.25, 0.3) is 0 Å². The fourth-order valence-electron chi connectivity index (χ4n) is 5.13. The quantitative estimate of drug-likeness (QED) is 0.0721. The summed E-state index contributed by atoms with van der Waals surface area (Å²) < 4.78 is 12.1. The first kappa shape index (κ1) is 42.8. The summed E-state index contributed by atoms with van der Waals surface area (Å²) in [5.41, 5.74) is 4.74. The van der Waals surface area contributed by atoms with Crippen molar-refractivity contribution in [1.82, 2.24) is 10.6 Å². The minimum Gasteiger partial charge on any atom is -0.375 e. The fraction of sp³-hybridized carbons (Fsp3) is 0.946. The van der Waals surface area contributed by atoms with Crippen LogP contribution >= 0.6 is 0 Å². The van der Waals surface area contributed by atoms with E-state index in [-0.39, 0.29) is 34.1 Å². The number of hydrogen-bond donors (Lipinski definition) is 3. The molecule has 0 fully saturated rings. The van der Waals surface area contributed by atoms with Gasteiger partial charge in [0.1, 0.15) is 0 Å². The van der Waals surface area contributed by atoms with Crippen LogP contribution in [-0.4, -0.2) is 53.9 Å². The molecule has 0 aromatic heterocycles. The third kappa shape index (κ3) is 28.3. The van der Waals surface area contributed by atoms with Crippen LogP contribution in [-0.2, 0) is 19.1 Å².